The van der Waals surface area contributed by atoms with E-state index in [0.717, 1.165) is 47.8 Å². The molecule has 2 amide bonds. The molecule has 2 aliphatic heterocycles. The highest BCUT2D eigenvalue weighted by Crippen LogP contribution is 2.31. The maximum atomic E-state index is 12.8. The summed E-state index contributed by atoms with van der Waals surface area (Å²) in [6, 6.07) is 7.59. The fourth-order valence-electron chi connectivity index (χ4n) is 4.24. The normalized spacial score (nSPS) is 18.5. The number of fused-ring (bicyclic) bond motifs is 1. The summed E-state index contributed by atoms with van der Waals surface area (Å²) in [5.41, 5.74) is 2.87. The van der Waals surface area contributed by atoms with E-state index in [1.165, 1.54) is 0 Å². The highest BCUT2D eigenvalue weighted by atomic mass is 16.5. The lowest BCUT2D eigenvalue weighted by molar-refractivity contribution is -0.131. The van der Waals surface area contributed by atoms with Crippen molar-refractivity contribution in [3.05, 3.63) is 53.1 Å². The van der Waals surface area contributed by atoms with Gasteiger partial charge in [-0.3, -0.25) is 9.59 Å². The van der Waals surface area contributed by atoms with Crippen LogP contribution in [0, 0.1) is 0 Å². The van der Waals surface area contributed by atoms with E-state index < -0.39 is 0 Å². The molecule has 1 aromatic carbocycles. The molecule has 0 radical (unpaired) electrons. The third kappa shape index (κ3) is 3.95. The lowest BCUT2D eigenvalue weighted by Crippen LogP contribution is -2.38. The summed E-state index contributed by atoms with van der Waals surface area (Å²) < 4.78 is 5.36. The molecule has 3 heterocycles. The van der Waals surface area contributed by atoms with Crippen LogP contribution in [0.15, 0.2) is 30.5 Å². The summed E-state index contributed by atoms with van der Waals surface area (Å²) in [5.74, 6) is 1.60. The van der Waals surface area contributed by atoms with Crippen molar-refractivity contribution in [2.75, 3.05) is 20.2 Å². The molecule has 152 valence electrons. The summed E-state index contributed by atoms with van der Waals surface area (Å²) in [5, 5.41) is 0. The summed E-state index contributed by atoms with van der Waals surface area (Å²) in [6.07, 6.45) is 4.73. The zero-order valence-corrected chi connectivity index (χ0v) is 16.9. The Labute approximate surface area is 170 Å². The first-order chi connectivity index (χ1) is 14.1. The quantitative estimate of drug-likeness (QED) is 0.795. The maximum absolute atomic E-state index is 12.8. The largest absolute Gasteiger partial charge is 0.496 e. The summed E-state index contributed by atoms with van der Waals surface area (Å²) in [6.45, 7) is 3.52. The number of likely N-dealkylation sites (tertiary alicyclic amines) is 1. The second-order valence-corrected chi connectivity index (χ2v) is 7.62. The van der Waals surface area contributed by atoms with E-state index >= 15 is 0 Å². The second-order valence-electron chi connectivity index (χ2n) is 7.62. The van der Waals surface area contributed by atoms with Gasteiger partial charge in [-0.05, 0) is 18.9 Å². The number of rotatable bonds is 4. The molecule has 0 N–H and O–H groups in total. The van der Waals surface area contributed by atoms with Crippen LogP contribution in [-0.4, -0.2) is 51.8 Å². The first-order valence-corrected chi connectivity index (χ1v) is 10.1. The van der Waals surface area contributed by atoms with Crippen molar-refractivity contribution in [3.8, 4) is 5.75 Å². The van der Waals surface area contributed by atoms with Crippen LogP contribution in [-0.2, 0) is 29.0 Å². The number of methoxy groups -OCH3 is 1. The van der Waals surface area contributed by atoms with Crippen LogP contribution >= 0.6 is 0 Å². The molecule has 1 aromatic heterocycles. The van der Waals surface area contributed by atoms with E-state index in [9.17, 15) is 9.59 Å². The predicted octanol–water partition coefficient (Wildman–Crippen LogP) is 2.30. The molecular formula is C22H26N4O3. The van der Waals surface area contributed by atoms with Crippen molar-refractivity contribution < 1.29 is 14.3 Å². The minimum atomic E-state index is -0.0250. The van der Waals surface area contributed by atoms with Gasteiger partial charge in [0.1, 0.15) is 5.75 Å². The lowest BCUT2D eigenvalue weighted by Gasteiger charge is -2.29. The van der Waals surface area contributed by atoms with Crippen molar-refractivity contribution in [2.24, 2.45) is 0 Å². The van der Waals surface area contributed by atoms with Crippen molar-refractivity contribution in [3.63, 3.8) is 0 Å². The highest BCUT2D eigenvalue weighted by Gasteiger charge is 2.31. The van der Waals surface area contributed by atoms with Crippen LogP contribution in [0.5, 0.6) is 5.75 Å². The molecule has 0 aliphatic carbocycles. The van der Waals surface area contributed by atoms with Crippen LogP contribution in [0.3, 0.4) is 0 Å². The Balaban J connectivity index is 1.46. The standard InChI is InChI=1S/C22H26N4O3/c1-15(27)26-10-5-7-19(26)22-23-13-17-14-25(11-9-18(17)24-22)21(28)12-16-6-3-4-8-20(16)29-2/h3-4,6,8,13,19H,5,7,9-12,14H2,1-2H3/t19-/m1/s1. The lowest BCUT2D eigenvalue weighted by atomic mass is 10.0. The Bertz CT molecular complexity index is 930. The topological polar surface area (TPSA) is 75.6 Å². The van der Waals surface area contributed by atoms with E-state index in [1.807, 2.05) is 40.3 Å². The molecule has 7 heteroatoms. The van der Waals surface area contributed by atoms with Crippen LogP contribution in [0.4, 0.5) is 0 Å². The monoisotopic (exact) mass is 394 g/mol. The Morgan fingerprint density at radius 3 is 2.86 bits per heavy atom. The number of para-hydroxylation sites is 1. The van der Waals surface area contributed by atoms with Crippen molar-refractivity contribution in [2.45, 2.75) is 45.2 Å². The third-order valence-corrected chi connectivity index (χ3v) is 5.79. The van der Waals surface area contributed by atoms with Gasteiger partial charge in [-0.2, -0.15) is 0 Å². The summed E-state index contributed by atoms with van der Waals surface area (Å²) in [4.78, 5) is 37.7. The van der Waals surface area contributed by atoms with Crippen LogP contribution < -0.4 is 4.74 Å². The zero-order valence-electron chi connectivity index (χ0n) is 16.9. The highest BCUT2D eigenvalue weighted by molar-refractivity contribution is 5.79. The Hall–Kier alpha value is -2.96. The smallest absolute Gasteiger partial charge is 0.227 e. The van der Waals surface area contributed by atoms with E-state index in [2.05, 4.69) is 4.98 Å². The van der Waals surface area contributed by atoms with Crippen LogP contribution in [0.25, 0.3) is 0 Å². The van der Waals surface area contributed by atoms with Crippen LogP contribution in [0.2, 0.25) is 0 Å². The third-order valence-electron chi connectivity index (χ3n) is 5.79. The minimum absolute atomic E-state index is 0.0250. The predicted molar refractivity (Wildman–Crippen MR) is 107 cm³/mol. The Morgan fingerprint density at radius 1 is 1.24 bits per heavy atom. The van der Waals surface area contributed by atoms with E-state index in [4.69, 9.17) is 9.72 Å². The minimum Gasteiger partial charge on any atom is -0.496 e. The molecule has 1 atom stereocenters. The van der Waals surface area contributed by atoms with Gasteiger partial charge in [0.25, 0.3) is 0 Å². The summed E-state index contributed by atoms with van der Waals surface area (Å²) >= 11 is 0. The molecule has 0 unspecified atom stereocenters. The van der Waals surface area contributed by atoms with Gasteiger partial charge in [-0.25, -0.2) is 9.97 Å². The Kier molecular flexibility index (Phi) is 5.47. The number of hydrogen-bond acceptors (Lipinski definition) is 5. The van der Waals surface area contributed by atoms with E-state index in [0.29, 0.717) is 25.9 Å². The second kappa shape index (κ2) is 8.19. The molecule has 0 saturated carbocycles. The molecule has 0 bridgehead atoms. The number of benzene rings is 1. The van der Waals surface area contributed by atoms with Gasteiger partial charge in [0.2, 0.25) is 11.8 Å². The van der Waals surface area contributed by atoms with E-state index in [-0.39, 0.29) is 17.9 Å². The molecule has 2 aliphatic rings. The average molecular weight is 394 g/mol. The number of nitrogens with zero attached hydrogens (tertiary/aromatic N) is 4. The van der Waals surface area contributed by atoms with Gasteiger partial charge in [-0.15, -0.1) is 0 Å². The van der Waals surface area contributed by atoms with Crippen LogP contribution in [0.1, 0.15) is 48.5 Å². The van der Waals surface area contributed by atoms with E-state index in [1.54, 1.807) is 14.0 Å². The molecule has 1 saturated heterocycles. The molecule has 1 fully saturated rings. The zero-order chi connectivity index (χ0) is 20.4. The summed E-state index contributed by atoms with van der Waals surface area (Å²) in [7, 11) is 1.62. The fourth-order valence-corrected chi connectivity index (χ4v) is 4.24. The molecule has 4 rings (SSSR count). The number of hydrogen-bond donors (Lipinski definition) is 0. The number of amides is 2. The number of carbonyl (C=O) groups is 2. The van der Waals surface area contributed by atoms with Crippen molar-refractivity contribution in [1.82, 2.24) is 19.8 Å². The molecule has 0 spiro atoms. The first kappa shape index (κ1) is 19.4. The first-order valence-electron chi connectivity index (χ1n) is 10.1. The van der Waals surface area contributed by atoms with Gasteiger partial charge in [0.15, 0.2) is 5.82 Å². The number of aromatic nitrogens is 2. The average Bonchev–Trinajstić information content (AvgIpc) is 3.23. The van der Waals surface area contributed by atoms with Gasteiger partial charge in [0, 0.05) is 50.3 Å². The SMILES string of the molecule is COc1ccccc1CC(=O)N1CCc2nc([C@H]3CCCN3C(C)=O)ncc2C1. The van der Waals surface area contributed by atoms with Crippen molar-refractivity contribution >= 4 is 11.8 Å². The number of ether oxygens (including phenoxy) is 1. The fraction of sp³-hybridized carbons (Fsp3) is 0.455. The van der Waals surface area contributed by atoms with Crippen molar-refractivity contribution in [1.29, 1.82) is 0 Å². The maximum Gasteiger partial charge on any atom is 0.227 e. The van der Waals surface area contributed by atoms with Gasteiger partial charge < -0.3 is 14.5 Å². The van der Waals surface area contributed by atoms with Gasteiger partial charge in [-0.1, -0.05) is 18.2 Å². The number of carbonyl (C=O) groups excluding carboxylic acids is 2. The Morgan fingerprint density at radius 2 is 2.07 bits per heavy atom. The van der Waals surface area contributed by atoms with Gasteiger partial charge in [0.05, 0.1) is 25.3 Å². The molecule has 7 nitrogen and oxygen atoms in total. The molecule has 29 heavy (non-hydrogen) atoms. The van der Waals surface area contributed by atoms with Gasteiger partial charge >= 0.3 is 0 Å². The molecular weight excluding hydrogens is 368 g/mol. The molecule has 2 aromatic rings.